The third-order valence-corrected chi connectivity index (χ3v) is 5.80. The molecule has 7 heteroatoms. The quantitative estimate of drug-likeness (QED) is 0.859. The monoisotopic (exact) mass is 349 g/mol. The molecule has 132 valence electrons. The van der Waals surface area contributed by atoms with Crippen molar-refractivity contribution in [1.82, 2.24) is 20.1 Å². The van der Waals surface area contributed by atoms with Crippen LogP contribution in [0.2, 0.25) is 0 Å². The van der Waals surface area contributed by atoms with Crippen molar-refractivity contribution < 1.29 is 4.42 Å². The highest BCUT2D eigenvalue weighted by Gasteiger charge is 2.21. The molecule has 0 unspecified atom stereocenters. The Morgan fingerprint density at radius 3 is 2.58 bits per heavy atom. The van der Waals surface area contributed by atoms with Crippen molar-refractivity contribution in [2.75, 3.05) is 25.0 Å². The predicted molar refractivity (Wildman–Crippen MR) is 96.5 cm³/mol. The molecule has 1 fully saturated rings. The van der Waals surface area contributed by atoms with Crippen molar-refractivity contribution in [3.8, 4) is 0 Å². The van der Waals surface area contributed by atoms with Gasteiger partial charge >= 0.3 is 0 Å². The topological polar surface area (TPSA) is 67.1 Å². The molecule has 0 aromatic carbocycles. The normalized spacial score (nSPS) is 16.9. The van der Waals surface area contributed by atoms with Crippen molar-refractivity contribution >= 4 is 16.5 Å². The maximum atomic E-state index is 5.69. The fourth-order valence-corrected chi connectivity index (χ4v) is 3.67. The molecule has 0 atom stereocenters. The molecule has 1 N–H and O–H groups in total. The SMILES string of the molecule is Cc1nc(CN2CCC(CNc3nnc(C(C)C)s3)CC2)oc1C. The van der Waals surface area contributed by atoms with Crippen LogP contribution in [-0.2, 0) is 6.54 Å². The zero-order chi connectivity index (χ0) is 17.1. The number of nitrogens with zero attached hydrogens (tertiary/aromatic N) is 4. The van der Waals surface area contributed by atoms with E-state index in [0.29, 0.717) is 11.8 Å². The molecule has 0 saturated carbocycles. The Balaban J connectivity index is 1.41. The highest BCUT2D eigenvalue weighted by molar-refractivity contribution is 7.15. The molecule has 2 aromatic rings. The Hall–Kier alpha value is -1.47. The summed E-state index contributed by atoms with van der Waals surface area (Å²) in [6.45, 7) is 12.3. The second-order valence-electron chi connectivity index (χ2n) is 6.95. The smallest absolute Gasteiger partial charge is 0.208 e. The van der Waals surface area contributed by atoms with E-state index in [2.05, 4.69) is 39.2 Å². The number of hydrogen-bond donors (Lipinski definition) is 1. The Morgan fingerprint density at radius 1 is 1.25 bits per heavy atom. The van der Waals surface area contributed by atoms with Crippen LogP contribution in [0.1, 0.15) is 55.0 Å². The van der Waals surface area contributed by atoms with Crippen LogP contribution in [-0.4, -0.2) is 39.7 Å². The largest absolute Gasteiger partial charge is 0.444 e. The molecular weight excluding hydrogens is 322 g/mol. The number of nitrogens with one attached hydrogen (secondary N) is 1. The van der Waals surface area contributed by atoms with Crippen LogP contribution in [0.5, 0.6) is 0 Å². The lowest BCUT2D eigenvalue weighted by atomic mass is 9.97. The minimum absolute atomic E-state index is 0.448. The first kappa shape index (κ1) is 17.4. The van der Waals surface area contributed by atoms with Crippen LogP contribution >= 0.6 is 11.3 Å². The van der Waals surface area contributed by atoms with Gasteiger partial charge in [0.2, 0.25) is 11.0 Å². The van der Waals surface area contributed by atoms with E-state index >= 15 is 0 Å². The molecule has 6 nitrogen and oxygen atoms in total. The average molecular weight is 350 g/mol. The van der Waals surface area contributed by atoms with Crippen molar-refractivity contribution in [2.24, 2.45) is 5.92 Å². The van der Waals surface area contributed by atoms with Gasteiger partial charge in [-0.25, -0.2) is 4.98 Å². The Labute approximate surface area is 147 Å². The summed E-state index contributed by atoms with van der Waals surface area (Å²) in [6.07, 6.45) is 2.39. The first-order valence-electron chi connectivity index (χ1n) is 8.73. The molecule has 24 heavy (non-hydrogen) atoms. The average Bonchev–Trinajstić information content (AvgIpc) is 3.14. The summed E-state index contributed by atoms with van der Waals surface area (Å²) < 4.78 is 5.69. The van der Waals surface area contributed by atoms with E-state index in [1.54, 1.807) is 11.3 Å². The second kappa shape index (κ2) is 7.61. The molecule has 0 bridgehead atoms. The molecule has 0 amide bonds. The third kappa shape index (κ3) is 4.33. The molecular formula is C17H27N5OS. The van der Waals surface area contributed by atoms with Gasteiger partial charge in [-0.1, -0.05) is 25.2 Å². The van der Waals surface area contributed by atoms with Gasteiger partial charge in [0.05, 0.1) is 12.2 Å². The van der Waals surface area contributed by atoms with Crippen LogP contribution in [0.3, 0.4) is 0 Å². The van der Waals surface area contributed by atoms with E-state index in [9.17, 15) is 0 Å². The first-order chi connectivity index (χ1) is 11.5. The molecule has 1 aliphatic rings. The summed E-state index contributed by atoms with van der Waals surface area (Å²) in [5.41, 5.74) is 1.00. The summed E-state index contributed by atoms with van der Waals surface area (Å²) in [5, 5.41) is 14.0. The van der Waals surface area contributed by atoms with Crippen LogP contribution in [0.15, 0.2) is 4.42 Å². The lowest BCUT2D eigenvalue weighted by Gasteiger charge is -2.31. The van der Waals surface area contributed by atoms with E-state index in [1.165, 1.54) is 12.8 Å². The Morgan fingerprint density at radius 2 is 2.00 bits per heavy atom. The third-order valence-electron chi connectivity index (χ3n) is 4.62. The van der Waals surface area contributed by atoms with Gasteiger partial charge in [0.25, 0.3) is 0 Å². The van der Waals surface area contributed by atoms with E-state index in [-0.39, 0.29) is 0 Å². The second-order valence-corrected chi connectivity index (χ2v) is 7.96. The van der Waals surface area contributed by atoms with Gasteiger partial charge < -0.3 is 9.73 Å². The molecule has 1 aliphatic heterocycles. The standard InChI is InChI=1S/C17H27N5OS/c1-11(2)16-20-21-17(24-16)18-9-14-5-7-22(8-6-14)10-15-19-12(3)13(4)23-15/h11,14H,5-10H2,1-4H3,(H,18,21). The summed E-state index contributed by atoms with van der Waals surface area (Å²) in [7, 11) is 0. The van der Waals surface area contributed by atoms with E-state index in [0.717, 1.165) is 53.7 Å². The lowest BCUT2D eigenvalue weighted by molar-refractivity contribution is 0.167. The summed E-state index contributed by atoms with van der Waals surface area (Å²) in [4.78, 5) is 6.91. The number of oxazole rings is 1. The van der Waals surface area contributed by atoms with E-state index in [4.69, 9.17) is 4.42 Å². The molecule has 2 aromatic heterocycles. The lowest BCUT2D eigenvalue weighted by Crippen LogP contribution is -2.35. The van der Waals surface area contributed by atoms with Crippen LogP contribution in [0.25, 0.3) is 0 Å². The zero-order valence-electron chi connectivity index (χ0n) is 15.0. The van der Waals surface area contributed by atoms with E-state index in [1.807, 2.05) is 13.8 Å². The predicted octanol–water partition coefficient (Wildman–Crippen LogP) is 3.59. The van der Waals surface area contributed by atoms with Gasteiger partial charge in [0.1, 0.15) is 10.8 Å². The van der Waals surface area contributed by atoms with Gasteiger partial charge in [-0.15, -0.1) is 10.2 Å². The molecule has 3 heterocycles. The summed E-state index contributed by atoms with van der Waals surface area (Å²) in [6, 6.07) is 0. The number of piperidine rings is 1. The highest BCUT2D eigenvalue weighted by atomic mass is 32.1. The number of aryl methyl sites for hydroxylation is 2. The fourth-order valence-electron chi connectivity index (χ4n) is 2.92. The maximum Gasteiger partial charge on any atom is 0.208 e. The Bertz CT molecular complexity index is 638. The number of anilines is 1. The van der Waals surface area contributed by atoms with Gasteiger partial charge in [0, 0.05) is 12.5 Å². The number of hydrogen-bond acceptors (Lipinski definition) is 7. The molecule has 0 radical (unpaired) electrons. The van der Waals surface area contributed by atoms with Crippen molar-refractivity contribution in [2.45, 2.75) is 53.0 Å². The molecule has 0 aliphatic carbocycles. The van der Waals surface area contributed by atoms with Crippen LogP contribution in [0.4, 0.5) is 5.13 Å². The fraction of sp³-hybridized carbons (Fsp3) is 0.706. The van der Waals surface area contributed by atoms with Gasteiger partial charge in [-0.3, -0.25) is 4.90 Å². The highest BCUT2D eigenvalue weighted by Crippen LogP contribution is 2.24. The zero-order valence-corrected chi connectivity index (χ0v) is 15.8. The van der Waals surface area contributed by atoms with Crippen molar-refractivity contribution in [1.29, 1.82) is 0 Å². The summed E-state index contributed by atoms with van der Waals surface area (Å²) in [5.74, 6) is 2.92. The van der Waals surface area contributed by atoms with Gasteiger partial charge in [-0.05, 0) is 45.7 Å². The van der Waals surface area contributed by atoms with Gasteiger partial charge in [0.15, 0.2) is 0 Å². The number of aromatic nitrogens is 3. The Kier molecular flexibility index (Phi) is 5.50. The minimum Gasteiger partial charge on any atom is -0.444 e. The van der Waals surface area contributed by atoms with Crippen LogP contribution in [0, 0.1) is 19.8 Å². The summed E-state index contributed by atoms with van der Waals surface area (Å²) >= 11 is 1.67. The van der Waals surface area contributed by atoms with E-state index < -0.39 is 0 Å². The maximum absolute atomic E-state index is 5.69. The first-order valence-corrected chi connectivity index (χ1v) is 9.55. The van der Waals surface area contributed by atoms with Crippen molar-refractivity contribution in [3.05, 3.63) is 22.4 Å². The van der Waals surface area contributed by atoms with Gasteiger partial charge in [-0.2, -0.15) is 0 Å². The minimum atomic E-state index is 0.448. The molecule has 1 saturated heterocycles. The number of rotatable bonds is 6. The van der Waals surface area contributed by atoms with Crippen LogP contribution < -0.4 is 5.32 Å². The molecule has 0 spiro atoms. The van der Waals surface area contributed by atoms with Crippen molar-refractivity contribution in [3.63, 3.8) is 0 Å². The number of likely N-dealkylation sites (tertiary alicyclic amines) is 1. The molecule has 3 rings (SSSR count).